The molecule has 0 aromatic carbocycles. The molecule has 0 radical (unpaired) electrons. The predicted molar refractivity (Wildman–Crippen MR) is 54.1 cm³/mol. The molecule has 0 N–H and O–H groups in total. The van der Waals surface area contributed by atoms with Crippen LogP contribution in [0.3, 0.4) is 0 Å². The molecule has 0 nitrogen and oxygen atoms in total. The molecular weight excluding hydrogens is 259 g/mol. The van der Waals surface area contributed by atoms with Crippen LogP contribution in [0.2, 0.25) is 48.2 Å². The molecule has 10 aliphatic heterocycles. The van der Waals surface area contributed by atoms with Gasteiger partial charge in [-0.2, -0.15) is 0 Å². The van der Waals surface area contributed by atoms with Crippen molar-refractivity contribution in [2.75, 3.05) is 5.34 Å². The van der Waals surface area contributed by atoms with Crippen molar-refractivity contribution in [3.8, 4) is 0 Å². The van der Waals surface area contributed by atoms with Gasteiger partial charge in [0, 0.05) is 0 Å². The van der Waals surface area contributed by atoms with E-state index in [1.807, 2.05) is 0 Å². The molecule has 0 bridgehead atoms. The van der Waals surface area contributed by atoms with Gasteiger partial charge in [0.15, 0.2) is 0 Å². The summed E-state index contributed by atoms with van der Waals surface area (Å²) in [7, 11) is 0. The van der Waals surface area contributed by atoms with Gasteiger partial charge in [0.2, 0.25) is 0 Å². The molecular formula is C11H12Cl2Fe. The summed E-state index contributed by atoms with van der Waals surface area (Å²) in [6.45, 7) is -2.28. The van der Waals surface area contributed by atoms with Crippen LogP contribution in [-0.2, 0) is 6.51 Å². The third kappa shape index (κ3) is 0.0474. The monoisotopic (exact) mass is 270 g/mol. The molecule has 14 heavy (non-hydrogen) atoms. The van der Waals surface area contributed by atoms with Crippen molar-refractivity contribution < 1.29 is 6.51 Å². The van der Waals surface area contributed by atoms with Crippen LogP contribution in [0.25, 0.3) is 0 Å². The SMILES string of the molecule is ClCCl.[CH]12[CH]3[CH]4[CH]5[CH]1[Fe]23451678[CH]2[CH]1[CH]6[CH]7[CH]28. The molecule has 10 rings (SSSR count). The Bertz CT molecular complexity index is 596. The zero-order chi connectivity index (χ0) is 8.80. The standard InChI is InChI=1S/2C5H5.CH2Cl2.Fe/c2*1-2-4-5-3-1;2-1-3;/h2*1-5H;1H2;. The van der Waals surface area contributed by atoms with Crippen LogP contribution >= 0.6 is 23.2 Å². The first-order chi connectivity index (χ1) is 6.57. The zero-order valence-corrected chi connectivity index (χ0v) is 10.2. The topological polar surface area (TPSA) is 0 Å². The first-order valence-electron chi connectivity index (χ1n) is 5.91. The van der Waals surface area contributed by atoms with E-state index >= 15 is 0 Å². The Kier molecular flexibility index (Phi) is 0.164. The van der Waals surface area contributed by atoms with E-state index in [1.54, 1.807) is 48.2 Å². The number of rotatable bonds is 0. The Hall–Kier alpha value is 1.10. The molecule has 0 atom stereocenters. The average molecular weight is 271 g/mol. The van der Waals surface area contributed by atoms with Crippen molar-refractivity contribution in [3.63, 3.8) is 0 Å². The van der Waals surface area contributed by atoms with Crippen LogP contribution in [0.15, 0.2) is 0 Å². The van der Waals surface area contributed by atoms with E-state index in [-0.39, 0.29) is 5.34 Å². The van der Waals surface area contributed by atoms with Crippen LogP contribution in [0.1, 0.15) is 0 Å². The van der Waals surface area contributed by atoms with E-state index in [4.69, 9.17) is 23.2 Å². The molecule has 1 spiro atoms. The van der Waals surface area contributed by atoms with Crippen molar-refractivity contribution in [2.45, 2.75) is 48.2 Å². The van der Waals surface area contributed by atoms with E-state index < -0.39 is 6.51 Å². The second-order valence-corrected chi connectivity index (χ2v) is 34.4. The van der Waals surface area contributed by atoms with Gasteiger partial charge >= 0.3 is 54.7 Å². The van der Waals surface area contributed by atoms with Crippen LogP contribution in [0, 0.1) is 0 Å². The predicted octanol–water partition coefficient (Wildman–Crippen LogP) is 4.80. The van der Waals surface area contributed by atoms with Crippen molar-refractivity contribution in [1.29, 1.82) is 0 Å². The Balaban J connectivity index is 0.000000151. The first-order valence-corrected chi connectivity index (χ1v) is 13.4. The number of fused-ring (bicyclic) bond motifs is 10. The minimum atomic E-state index is -2.28. The summed E-state index contributed by atoms with van der Waals surface area (Å²) < 4.78 is 0. The van der Waals surface area contributed by atoms with Gasteiger partial charge in [-0.1, -0.05) is 0 Å². The van der Waals surface area contributed by atoms with E-state index in [9.17, 15) is 0 Å². The van der Waals surface area contributed by atoms with E-state index in [0.29, 0.717) is 0 Å². The molecule has 0 saturated carbocycles. The molecule has 0 unspecified atom stereocenters. The van der Waals surface area contributed by atoms with E-state index in [2.05, 4.69) is 0 Å². The van der Waals surface area contributed by atoms with Crippen LogP contribution in [0.4, 0.5) is 0 Å². The third-order valence-electron chi connectivity index (χ3n) is 14.5. The van der Waals surface area contributed by atoms with Gasteiger partial charge in [-0.15, -0.1) is 23.2 Å². The summed E-state index contributed by atoms with van der Waals surface area (Å²) in [6.07, 6.45) is 0. The molecule has 0 amide bonds. The van der Waals surface area contributed by atoms with Crippen molar-refractivity contribution in [3.05, 3.63) is 0 Å². The number of halogens is 2. The van der Waals surface area contributed by atoms with Crippen molar-refractivity contribution in [2.24, 2.45) is 0 Å². The Morgan fingerprint density at radius 1 is 0.571 bits per heavy atom. The fourth-order valence-electron chi connectivity index (χ4n) is 15.8. The van der Waals surface area contributed by atoms with Gasteiger partial charge in [-0.3, -0.25) is 0 Å². The van der Waals surface area contributed by atoms with Crippen LogP contribution in [0.5, 0.6) is 0 Å². The molecule has 3 heteroatoms. The molecule has 10 fully saturated rings. The third-order valence-corrected chi connectivity index (χ3v) is 56.5. The molecule has 78 valence electrons. The van der Waals surface area contributed by atoms with E-state index in [1.165, 1.54) is 0 Å². The first kappa shape index (κ1) is 5.63. The normalized spacial score (nSPS) is 136. The quantitative estimate of drug-likeness (QED) is 0.438. The molecule has 0 aromatic heterocycles. The summed E-state index contributed by atoms with van der Waals surface area (Å²) in [5, 5.41) is 0.194. The molecule has 0 aliphatic carbocycles. The summed E-state index contributed by atoms with van der Waals surface area (Å²) in [5.41, 5.74) is 0. The summed E-state index contributed by atoms with van der Waals surface area (Å²) in [6, 6.07) is 0. The minimum absolute atomic E-state index is 0.194. The Morgan fingerprint density at radius 3 is 0.714 bits per heavy atom. The van der Waals surface area contributed by atoms with Gasteiger partial charge < -0.3 is 0 Å². The fraction of sp³-hybridized carbons (Fsp3) is 1.00. The van der Waals surface area contributed by atoms with Gasteiger partial charge in [0.05, 0.1) is 5.34 Å². The number of hydrogen-bond acceptors (Lipinski definition) is 0. The molecule has 0 aromatic rings. The van der Waals surface area contributed by atoms with Crippen molar-refractivity contribution >= 4 is 23.2 Å². The van der Waals surface area contributed by atoms with Gasteiger partial charge in [-0.05, 0) is 0 Å². The summed E-state index contributed by atoms with van der Waals surface area (Å²) in [5.74, 6) is 0. The van der Waals surface area contributed by atoms with E-state index in [0.717, 1.165) is 0 Å². The van der Waals surface area contributed by atoms with Crippen molar-refractivity contribution in [1.82, 2.24) is 0 Å². The second kappa shape index (κ2) is 0.407. The Labute approximate surface area is 83.0 Å². The summed E-state index contributed by atoms with van der Waals surface area (Å²) >= 11 is 9.53. The maximum atomic E-state index is 4.76. The number of alkyl halides is 2. The van der Waals surface area contributed by atoms with Crippen LogP contribution < -0.4 is 0 Å². The molecule has 10 heterocycles. The number of hydrogen-bond donors (Lipinski definition) is 0. The van der Waals surface area contributed by atoms with Gasteiger partial charge in [0.1, 0.15) is 0 Å². The van der Waals surface area contributed by atoms with Gasteiger partial charge in [0.25, 0.3) is 0 Å². The summed E-state index contributed by atoms with van der Waals surface area (Å²) in [4.78, 5) is 15.9. The second-order valence-electron chi connectivity index (χ2n) is 9.69. The van der Waals surface area contributed by atoms with Gasteiger partial charge in [-0.25, -0.2) is 0 Å². The molecule has 10 saturated heterocycles. The average Bonchev–Trinajstić information content (AvgIpc) is 3.15. The maximum absolute atomic E-state index is 4.76. The van der Waals surface area contributed by atoms with Crippen LogP contribution in [-0.4, -0.2) is 5.34 Å². The fourth-order valence-corrected chi connectivity index (χ4v) is 88.0. The Morgan fingerprint density at radius 2 is 0.714 bits per heavy atom. The zero-order valence-electron chi connectivity index (χ0n) is 7.59. The molecule has 10 aliphatic rings.